The fourth-order valence-electron chi connectivity index (χ4n) is 3.78. The highest BCUT2D eigenvalue weighted by Crippen LogP contribution is 2.34. The van der Waals surface area contributed by atoms with Crippen molar-refractivity contribution in [3.63, 3.8) is 0 Å². The molecule has 9 heteroatoms. The summed E-state index contributed by atoms with van der Waals surface area (Å²) < 4.78 is 44.2. The number of aryl methyl sites for hydroxylation is 1. The molecule has 1 saturated heterocycles. The quantitative estimate of drug-likeness (QED) is 0.522. The molecule has 0 N–H and O–H groups in total. The van der Waals surface area contributed by atoms with Crippen LogP contribution >= 0.6 is 11.6 Å². The highest BCUT2D eigenvalue weighted by atomic mass is 35.5. The number of para-hydroxylation sites is 1. The number of rotatable bonds is 7. The number of piperidine rings is 1. The minimum Gasteiger partial charge on any atom is -0.493 e. The van der Waals surface area contributed by atoms with Gasteiger partial charge in [-0.05, 0) is 43.9 Å². The van der Waals surface area contributed by atoms with E-state index in [2.05, 4.69) is 4.98 Å². The highest BCUT2D eigenvalue weighted by molar-refractivity contribution is 6.33. The number of alkyl halides is 3. The van der Waals surface area contributed by atoms with E-state index in [9.17, 15) is 18.0 Å². The Bertz CT molecular complexity index is 931. The number of carbonyl (C=O) groups excluding carboxylic acids is 1. The summed E-state index contributed by atoms with van der Waals surface area (Å²) in [5, 5.41) is -0.0321. The van der Waals surface area contributed by atoms with E-state index in [-0.39, 0.29) is 16.8 Å². The van der Waals surface area contributed by atoms with Gasteiger partial charge in [0, 0.05) is 38.8 Å². The summed E-state index contributed by atoms with van der Waals surface area (Å²) >= 11 is 6.05. The molecule has 1 aromatic carbocycles. The summed E-state index contributed by atoms with van der Waals surface area (Å²) in [4.78, 5) is 20.3. The van der Waals surface area contributed by atoms with E-state index in [1.54, 1.807) is 11.9 Å². The van der Waals surface area contributed by atoms with Gasteiger partial charge < -0.3 is 14.5 Å². The number of anilines is 1. The van der Waals surface area contributed by atoms with Gasteiger partial charge in [0.25, 0.3) is 0 Å². The zero-order valence-electron chi connectivity index (χ0n) is 18.2. The average molecular weight is 470 g/mol. The molecule has 5 nitrogen and oxygen atoms in total. The number of hydrogen-bond acceptors (Lipinski definition) is 4. The van der Waals surface area contributed by atoms with Crippen LogP contribution in [-0.2, 0) is 11.0 Å². The lowest BCUT2D eigenvalue weighted by molar-refractivity contribution is -0.138. The van der Waals surface area contributed by atoms with E-state index < -0.39 is 11.7 Å². The normalized spacial score (nSPS) is 15.0. The average Bonchev–Trinajstić information content (AvgIpc) is 2.76. The van der Waals surface area contributed by atoms with Gasteiger partial charge in [0.2, 0.25) is 5.91 Å². The summed E-state index contributed by atoms with van der Waals surface area (Å²) in [7, 11) is 1.79. The first-order chi connectivity index (χ1) is 15.2. The summed E-state index contributed by atoms with van der Waals surface area (Å²) in [5.41, 5.74) is 0.204. The van der Waals surface area contributed by atoms with Crippen molar-refractivity contribution in [3.05, 3.63) is 52.7 Å². The molecule has 1 aliphatic heterocycles. The molecule has 1 aromatic heterocycles. The number of benzene rings is 1. The number of aromatic nitrogens is 1. The van der Waals surface area contributed by atoms with Crippen LogP contribution in [0.1, 0.15) is 30.4 Å². The van der Waals surface area contributed by atoms with Crippen LogP contribution in [0, 0.1) is 12.8 Å². The van der Waals surface area contributed by atoms with Gasteiger partial charge in [0.15, 0.2) is 0 Å². The molecule has 2 aromatic rings. The first-order valence-corrected chi connectivity index (χ1v) is 11.0. The van der Waals surface area contributed by atoms with Gasteiger partial charge in [-0.25, -0.2) is 4.98 Å². The lowest BCUT2D eigenvalue weighted by atomic mass is 9.95. The third kappa shape index (κ3) is 6.06. The highest BCUT2D eigenvalue weighted by Gasteiger charge is 2.33. The topological polar surface area (TPSA) is 45.7 Å². The van der Waals surface area contributed by atoms with E-state index in [1.807, 2.05) is 36.1 Å². The Morgan fingerprint density at radius 3 is 2.59 bits per heavy atom. The molecule has 1 aliphatic rings. The lowest BCUT2D eigenvalue weighted by Crippen LogP contribution is -2.42. The van der Waals surface area contributed by atoms with E-state index in [0.717, 1.165) is 30.0 Å². The fraction of sp³-hybridized carbons (Fsp3) is 0.478. The molecule has 2 heterocycles. The third-order valence-corrected chi connectivity index (χ3v) is 5.94. The van der Waals surface area contributed by atoms with Gasteiger partial charge in [-0.3, -0.25) is 4.79 Å². The van der Waals surface area contributed by atoms with Crippen LogP contribution in [0.15, 0.2) is 36.5 Å². The van der Waals surface area contributed by atoms with Gasteiger partial charge in [-0.1, -0.05) is 29.8 Å². The van der Waals surface area contributed by atoms with Crippen molar-refractivity contribution in [1.29, 1.82) is 0 Å². The molecule has 0 atom stereocenters. The van der Waals surface area contributed by atoms with E-state index in [0.29, 0.717) is 44.9 Å². The standard InChI is InChI=1S/C23H27ClF3N3O2/c1-16-6-3-4-7-20(16)32-13-5-10-29(2)22(31)17-8-11-30(12-9-17)21-19(24)14-18(15-28-21)23(25,26)27/h3-4,6-7,14-15,17H,5,8-13H2,1-2H3. The molecule has 0 aliphatic carbocycles. The molecule has 0 spiro atoms. The van der Waals surface area contributed by atoms with Crippen LogP contribution < -0.4 is 9.64 Å². The molecular formula is C23H27ClF3N3O2. The molecule has 0 saturated carbocycles. The van der Waals surface area contributed by atoms with E-state index in [4.69, 9.17) is 16.3 Å². The van der Waals surface area contributed by atoms with Crippen LogP contribution in [0.25, 0.3) is 0 Å². The second-order valence-electron chi connectivity index (χ2n) is 8.02. The Balaban J connectivity index is 1.45. The van der Waals surface area contributed by atoms with Crippen LogP contribution in [0.3, 0.4) is 0 Å². The number of ether oxygens (including phenoxy) is 1. The Morgan fingerprint density at radius 1 is 1.28 bits per heavy atom. The van der Waals surface area contributed by atoms with Gasteiger partial charge in [0.05, 0.1) is 17.2 Å². The monoisotopic (exact) mass is 469 g/mol. The van der Waals surface area contributed by atoms with Crippen LogP contribution in [0.5, 0.6) is 5.75 Å². The minimum absolute atomic E-state index is 0.0321. The number of carbonyl (C=O) groups is 1. The van der Waals surface area contributed by atoms with Crippen molar-refractivity contribution in [2.45, 2.75) is 32.4 Å². The van der Waals surface area contributed by atoms with Crippen molar-refractivity contribution >= 4 is 23.3 Å². The van der Waals surface area contributed by atoms with Gasteiger partial charge >= 0.3 is 6.18 Å². The largest absolute Gasteiger partial charge is 0.493 e. The minimum atomic E-state index is -4.48. The van der Waals surface area contributed by atoms with Crippen LogP contribution in [-0.4, -0.2) is 49.1 Å². The van der Waals surface area contributed by atoms with Gasteiger partial charge in [-0.2, -0.15) is 13.2 Å². The maximum absolute atomic E-state index is 12.8. The molecule has 32 heavy (non-hydrogen) atoms. The Hall–Kier alpha value is -2.48. The van der Waals surface area contributed by atoms with Gasteiger partial charge in [0.1, 0.15) is 11.6 Å². The van der Waals surface area contributed by atoms with Crippen LogP contribution in [0.4, 0.5) is 19.0 Å². The number of hydrogen-bond donors (Lipinski definition) is 0. The summed E-state index contributed by atoms with van der Waals surface area (Å²) in [6, 6.07) is 8.70. The maximum atomic E-state index is 12.8. The maximum Gasteiger partial charge on any atom is 0.417 e. The SMILES string of the molecule is Cc1ccccc1OCCCN(C)C(=O)C1CCN(c2ncc(C(F)(F)F)cc2Cl)CC1. The molecule has 0 radical (unpaired) electrons. The Labute approximate surface area is 191 Å². The molecule has 174 valence electrons. The zero-order valence-corrected chi connectivity index (χ0v) is 18.9. The van der Waals surface area contributed by atoms with Gasteiger partial charge in [-0.15, -0.1) is 0 Å². The number of halogens is 4. The summed E-state index contributed by atoms with van der Waals surface area (Å²) in [5.74, 6) is 1.13. The predicted octanol–water partition coefficient (Wildman–Crippen LogP) is 5.21. The fourth-order valence-corrected chi connectivity index (χ4v) is 4.07. The molecule has 0 bridgehead atoms. The molecule has 0 unspecified atom stereocenters. The summed E-state index contributed by atoms with van der Waals surface area (Å²) in [6.45, 7) is 4.14. The number of nitrogens with zero attached hydrogens (tertiary/aromatic N) is 3. The number of amides is 1. The Kier molecular flexibility index (Phi) is 7.87. The van der Waals surface area contributed by atoms with E-state index >= 15 is 0 Å². The van der Waals surface area contributed by atoms with Crippen LogP contribution in [0.2, 0.25) is 5.02 Å². The third-order valence-electron chi connectivity index (χ3n) is 5.66. The van der Waals surface area contributed by atoms with Crippen molar-refractivity contribution in [2.24, 2.45) is 5.92 Å². The molecular weight excluding hydrogens is 443 g/mol. The van der Waals surface area contributed by atoms with Crippen molar-refractivity contribution in [3.8, 4) is 5.75 Å². The van der Waals surface area contributed by atoms with Crippen molar-refractivity contribution in [1.82, 2.24) is 9.88 Å². The second-order valence-corrected chi connectivity index (χ2v) is 8.42. The van der Waals surface area contributed by atoms with E-state index in [1.165, 1.54) is 0 Å². The number of pyridine rings is 1. The molecule has 1 amide bonds. The van der Waals surface area contributed by atoms with Crippen molar-refractivity contribution < 1.29 is 22.7 Å². The first kappa shape index (κ1) is 24.2. The Morgan fingerprint density at radius 2 is 1.97 bits per heavy atom. The zero-order chi connectivity index (χ0) is 23.3. The van der Waals surface area contributed by atoms with Crippen molar-refractivity contribution in [2.75, 3.05) is 38.2 Å². The molecule has 1 fully saturated rings. The summed E-state index contributed by atoms with van der Waals surface area (Å²) in [6.07, 6.45) is -1.76. The second kappa shape index (κ2) is 10.4. The molecule has 3 rings (SSSR count). The first-order valence-electron chi connectivity index (χ1n) is 10.6. The smallest absolute Gasteiger partial charge is 0.417 e. The lowest BCUT2D eigenvalue weighted by Gasteiger charge is -2.34. The predicted molar refractivity (Wildman–Crippen MR) is 118 cm³/mol.